The van der Waals surface area contributed by atoms with Crippen LogP contribution in [0.15, 0.2) is 29.1 Å². The fourth-order valence-corrected chi connectivity index (χ4v) is 0.227. The number of hydrogen-bond acceptors (Lipinski definition) is 1. The molecule has 0 N–H and O–H groups in total. The van der Waals surface area contributed by atoms with Gasteiger partial charge in [0.15, 0.2) is 0 Å². The van der Waals surface area contributed by atoms with Crippen molar-refractivity contribution >= 4 is 17.1 Å². The van der Waals surface area contributed by atoms with Crippen molar-refractivity contribution in [1.29, 1.82) is 0 Å². The fraction of sp³-hybridized carbons (Fsp3) is 0. The summed E-state index contributed by atoms with van der Waals surface area (Å²) in [4.78, 5) is 0. The molecule has 0 saturated carbocycles. The quantitative estimate of drug-likeness (QED) is 0.497. The molecule has 32 valence electrons. The van der Waals surface area contributed by atoms with Gasteiger partial charge in [0.1, 0.15) is 0 Å². The van der Waals surface area contributed by atoms with Crippen LogP contribution in [0, 0.1) is 0 Å². The van der Waals surface area contributed by atoms with E-state index in [1.165, 1.54) is 0 Å². The van der Waals surface area contributed by atoms with E-state index in [2.05, 4.69) is 4.42 Å². The molecule has 0 unspecified atom stereocenters. The first-order valence-electron chi connectivity index (χ1n) is 1.47. The predicted octanol–water partition coefficient (Wildman–Crippen LogP) is 0.899. The smallest absolute Gasteiger partial charge is 0.0902 e. The van der Waals surface area contributed by atoms with Crippen molar-refractivity contribution < 1.29 is 4.42 Å². The van der Waals surface area contributed by atoms with Gasteiger partial charge in [-0.1, -0.05) is 0 Å². The van der Waals surface area contributed by atoms with E-state index in [0.29, 0.717) is 0 Å². The molecule has 1 heterocycles. The fourth-order valence-electron chi connectivity index (χ4n) is 0.227. The SMILES string of the molecule is [Se].c1ccoc1. The van der Waals surface area contributed by atoms with Crippen LogP contribution in [0.25, 0.3) is 0 Å². The molecule has 0 spiro atoms. The number of rotatable bonds is 0. The van der Waals surface area contributed by atoms with Gasteiger partial charge in [-0.15, -0.1) is 0 Å². The molecule has 6 heavy (non-hydrogen) atoms. The van der Waals surface area contributed by atoms with Gasteiger partial charge in [0, 0.05) is 17.1 Å². The van der Waals surface area contributed by atoms with E-state index in [1.807, 2.05) is 12.1 Å². The Balaban J connectivity index is 0.000000250. The average molecular weight is 147 g/mol. The molecule has 0 amide bonds. The maximum Gasteiger partial charge on any atom is 0.0902 e. The van der Waals surface area contributed by atoms with Gasteiger partial charge in [-0.3, -0.25) is 0 Å². The molecule has 0 atom stereocenters. The molecule has 0 aliphatic heterocycles. The summed E-state index contributed by atoms with van der Waals surface area (Å²) in [6.07, 6.45) is 3.25. The van der Waals surface area contributed by atoms with Crippen molar-refractivity contribution in [2.45, 2.75) is 0 Å². The number of hydrogen-bond donors (Lipinski definition) is 0. The van der Waals surface area contributed by atoms with Crippen LogP contribution in [0.2, 0.25) is 0 Å². The van der Waals surface area contributed by atoms with Crippen LogP contribution in [0.5, 0.6) is 0 Å². The van der Waals surface area contributed by atoms with Gasteiger partial charge in [-0.05, 0) is 12.1 Å². The number of furan rings is 1. The minimum absolute atomic E-state index is 0. The molecule has 1 rings (SSSR count). The minimum Gasteiger partial charge on any atom is -0.473 e. The van der Waals surface area contributed by atoms with Crippen LogP contribution >= 0.6 is 0 Å². The van der Waals surface area contributed by atoms with Crippen LogP contribution < -0.4 is 0 Å². The summed E-state index contributed by atoms with van der Waals surface area (Å²) in [6.45, 7) is 0. The Hall–Kier alpha value is -0.201. The van der Waals surface area contributed by atoms with Crippen LogP contribution in [0.1, 0.15) is 0 Å². The normalized spacial score (nSPS) is 6.67. The van der Waals surface area contributed by atoms with Gasteiger partial charge < -0.3 is 4.42 Å². The van der Waals surface area contributed by atoms with Gasteiger partial charge in [-0.25, -0.2) is 0 Å². The summed E-state index contributed by atoms with van der Waals surface area (Å²) in [5.74, 6) is 0. The Bertz CT molecular complexity index is 64.0. The predicted molar refractivity (Wildman–Crippen MR) is 24.5 cm³/mol. The van der Waals surface area contributed by atoms with Crippen molar-refractivity contribution in [1.82, 2.24) is 0 Å². The van der Waals surface area contributed by atoms with Crippen molar-refractivity contribution in [3.05, 3.63) is 24.7 Å². The molecule has 0 aromatic carbocycles. The first-order chi connectivity index (χ1) is 2.50. The molecular weight excluding hydrogens is 143 g/mol. The Labute approximate surface area is 46.8 Å². The van der Waals surface area contributed by atoms with Gasteiger partial charge in [-0.2, -0.15) is 0 Å². The topological polar surface area (TPSA) is 13.1 Å². The van der Waals surface area contributed by atoms with E-state index in [4.69, 9.17) is 0 Å². The van der Waals surface area contributed by atoms with Crippen molar-refractivity contribution in [2.75, 3.05) is 0 Å². The zero-order valence-corrected chi connectivity index (χ0v) is 4.84. The Morgan fingerprint density at radius 2 is 1.50 bits per heavy atom. The molecule has 0 aliphatic rings. The minimum atomic E-state index is 0. The van der Waals surface area contributed by atoms with Gasteiger partial charge in [0.2, 0.25) is 0 Å². The molecule has 0 saturated heterocycles. The van der Waals surface area contributed by atoms with Crippen molar-refractivity contribution in [2.24, 2.45) is 0 Å². The van der Waals surface area contributed by atoms with Gasteiger partial charge in [0.05, 0.1) is 12.5 Å². The second-order valence-corrected chi connectivity index (χ2v) is 0.793. The monoisotopic (exact) mass is 148 g/mol. The Morgan fingerprint density at radius 3 is 1.67 bits per heavy atom. The van der Waals surface area contributed by atoms with Crippen molar-refractivity contribution in [3.8, 4) is 0 Å². The molecule has 1 aromatic heterocycles. The van der Waals surface area contributed by atoms with Crippen LogP contribution in [0.4, 0.5) is 0 Å². The molecule has 0 bridgehead atoms. The van der Waals surface area contributed by atoms with E-state index in [-0.39, 0.29) is 17.1 Å². The molecular formula is C4H4OSe. The second kappa shape index (κ2) is 3.01. The zero-order chi connectivity index (χ0) is 3.54. The summed E-state index contributed by atoms with van der Waals surface area (Å²) in [6, 6.07) is 3.67. The third kappa shape index (κ3) is 1.29. The summed E-state index contributed by atoms with van der Waals surface area (Å²) >= 11 is 0. The third-order valence-electron chi connectivity index (χ3n) is 0.425. The molecule has 2 radical (unpaired) electrons. The van der Waals surface area contributed by atoms with Crippen LogP contribution in [-0.4, -0.2) is 17.1 Å². The maximum atomic E-state index is 4.58. The third-order valence-corrected chi connectivity index (χ3v) is 0.425. The average Bonchev–Trinajstić information content (AvgIpc) is 1.76. The second-order valence-electron chi connectivity index (χ2n) is 0.793. The summed E-state index contributed by atoms with van der Waals surface area (Å²) in [5.41, 5.74) is 0. The van der Waals surface area contributed by atoms with Crippen molar-refractivity contribution in [3.63, 3.8) is 0 Å². The van der Waals surface area contributed by atoms with Gasteiger partial charge in [0.25, 0.3) is 0 Å². The van der Waals surface area contributed by atoms with Gasteiger partial charge >= 0.3 is 0 Å². The standard InChI is InChI=1S/C4H4O.Se/c1-2-4-5-3-1;/h1-4H;. The summed E-state index contributed by atoms with van der Waals surface area (Å²) in [7, 11) is 0. The Morgan fingerprint density at radius 1 is 1.00 bits per heavy atom. The Kier molecular flexibility index (Phi) is 2.91. The zero-order valence-electron chi connectivity index (χ0n) is 3.13. The molecule has 0 fully saturated rings. The largest absolute Gasteiger partial charge is 0.473 e. The summed E-state index contributed by atoms with van der Waals surface area (Å²) in [5, 5.41) is 0. The maximum absolute atomic E-state index is 4.58. The summed E-state index contributed by atoms with van der Waals surface area (Å²) < 4.78 is 4.58. The van der Waals surface area contributed by atoms with Crippen LogP contribution in [-0.2, 0) is 0 Å². The molecule has 2 heteroatoms. The van der Waals surface area contributed by atoms with E-state index in [1.54, 1.807) is 12.5 Å². The van der Waals surface area contributed by atoms with E-state index >= 15 is 0 Å². The molecule has 1 aromatic rings. The first-order valence-corrected chi connectivity index (χ1v) is 1.47. The van der Waals surface area contributed by atoms with E-state index in [9.17, 15) is 0 Å². The molecule has 1 nitrogen and oxygen atoms in total. The van der Waals surface area contributed by atoms with E-state index < -0.39 is 0 Å². The first kappa shape index (κ1) is 5.80. The van der Waals surface area contributed by atoms with Crippen LogP contribution in [0.3, 0.4) is 0 Å². The van der Waals surface area contributed by atoms with E-state index in [0.717, 1.165) is 0 Å². The molecule has 0 aliphatic carbocycles.